The van der Waals surface area contributed by atoms with Crippen molar-refractivity contribution >= 4 is 0 Å². The van der Waals surface area contributed by atoms with Gasteiger partial charge in [0.1, 0.15) is 0 Å². The summed E-state index contributed by atoms with van der Waals surface area (Å²) in [5, 5.41) is 10.1. The Morgan fingerprint density at radius 3 is 2.59 bits per heavy atom. The lowest BCUT2D eigenvalue weighted by atomic mass is 10.1. The molecule has 1 atom stereocenters. The molecule has 1 aliphatic carbocycles. The summed E-state index contributed by atoms with van der Waals surface area (Å²) in [6.45, 7) is 5.52. The number of hydrogen-bond acceptors (Lipinski definition) is 2. The van der Waals surface area contributed by atoms with Crippen molar-refractivity contribution in [1.82, 2.24) is 4.90 Å². The lowest BCUT2D eigenvalue weighted by molar-refractivity contribution is 0.142. The van der Waals surface area contributed by atoms with Crippen molar-refractivity contribution in [3.05, 3.63) is 35.9 Å². The zero-order valence-electron chi connectivity index (χ0n) is 10.7. The second kappa shape index (κ2) is 6.18. The molecule has 0 heterocycles. The van der Waals surface area contributed by atoms with Crippen LogP contribution in [0.15, 0.2) is 30.3 Å². The van der Waals surface area contributed by atoms with Crippen LogP contribution in [0, 0.1) is 5.92 Å². The number of benzene rings is 1. The van der Waals surface area contributed by atoms with Crippen LogP contribution in [0.3, 0.4) is 0 Å². The molecule has 1 aliphatic rings. The first kappa shape index (κ1) is 12.6. The van der Waals surface area contributed by atoms with E-state index in [0.717, 1.165) is 31.0 Å². The third-order valence-electron chi connectivity index (χ3n) is 3.56. The average molecular weight is 233 g/mol. The van der Waals surface area contributed by atoms with E-state index in [4.69, 9.17) is 0 Å². The summed E-state index contributed by atoms with van der Waals surface area (Å²) >= 11 is 0. The monoisotopic (exact) mass is 233 g/mol. The predicted octanol–water partition coefficient (Wildman–Crippen LogP) is 2.84. The second-order valence-corrected chi connectivity index (χ2v) is 5.05. The van der Waals surface area contributed by atoms with E-state index in [1.165, 1.54) is 19.4 Å². The minimum absolute atomic E-state index is 0.315. The Labute approximate surface area is 104 Å². The molecule has 17 heavy (non-hydrogen) atoms. The molecule has 1 aromatic rings. The van der Waals surface area contributed by atoms with Gasteiger partial charge in [-0.05, 0) is 37.3 Å². The van der Waals surface area contributed by atoms with Gasteiger partial charge in [-0.2, -0.15) is 0 Å². The van der Waals surface area contributed by atoms with Crippen LogP contribution in [0.4, 0.5) is 0 Å². The summed E-state index contributed by atoms with van der Waals surface area (Å²) in [6, 6.07) is 9.96. The predicted molar refractivity (Wildman–Crippen MR) is 70.9 cm³/mol. The van der Waals surface area contributed by atoms with Gasteiger partial charge in [-0.25, -0.2) is 0 Å². The van der Waals surface area contributed by atoms with Gasteiger partial charge in [-0.3, -0.25) is 0 Å². The highest BCUT2D eigenvalue weighted by molar-refractivity contribution is 5.17. The Morgan fingerprint density at radius 2 is 2.00 bits per heavy atom. The summed E-state index contributed by atoms with van der Waals surface area (Å²) in [5.74, 6) is 0.934. The number of rotatable bonds is 7. The van der Waals surface area contributed by atoms with Crippen LogP contribution in [0.25, 0.3) is 0 Å². The molecule has 2 nitrogen and oxygen atoms in total. The summed E-state index contributed by atoms with van der Waals surface area (Å²) in [5.41, 5.74) is 1.04. The van der Waals surface area contributed by atoms with E-state index in [1.54, 1.807) is 0 Å². The van der Waals surface area contributed by atoms with Crippen molar-refractivity contribution in [2.45, 2.75) is 32.3 Å². The Bertz CT molecular complexity index is 321. The number of hydrogen-bond donors (Lipinski definition) is 1. The zero-order chi connectivity index (χ0) is 12.1. The first-order chi connectivity index (χ1) is 8.29. The van der Waals surface area contributed by atoms with E-state index in [-0.39, 0.29) is 6.10 Å². The summed E-state index contributed by atoms with van der Waals surface area (Å²) in [4.78, 5) is 2.46. The highest BCUT2D eigenvalue weighted by atomic mass is 16.3. The maximum Gasteiger partial charge on any atom is 0.0802 e. The van der Waals surface area contributed by atoms with Crippen LogP contribution in [0.1, 0.15) is 37.9 Å². The molecule has 0 aliphatic heterocycles. The maximum absolute atomic E-state index is 10.1. The summed E-state index contributed by atoms with van der Waals surface area (Å²) < 4.78 is 0. The number of aliphatic hydroxyl groups excluding tert-OH is 1. The zero-order valence-corrected chi connectivity index (χ0v) is 10.7. The van der Waals surface area contributed by atoms with Crippen LogP contribution in [-0.2, 0) is 0 Å². The molecule has 0 bridgehead atoms. The molecule has 0 radical (unpaired) electrons. The van der Waals surface area contributed by atoms with Gasteiger partial charge in [0.2, 0.25) is 0 Å². The van der Waals surface area contributed by atoms with Crippen molar-refractivity contribution in [1.29, 1.82) is 0 Å². The van der Waals surface area contributed by atoms with Gasteiger partial charge < -0.3 is 10.0 Å². The van der Waals surface area contributed by atoms with Crippen LogP contribution >= 0.6 is 0 Å². The Hall–Kier alpha value is -0.860. The Balaban J connectivity index is 1.76. The molecule has 1 saturated carbocycles. The quantitative estimate of drug-likeness (QED) is 0.783. The van der Waals surface area contributed by atoms with Gasteiger partial charge in [-0.15, -0.1) is 0 Å². The Morgan fingerprint density at radius 1 is 1.29 bits per heavy atom. The van der Waals surface area contributed by atoms with Crippen LogP contribution in [0.5, 0.6) is 0 Å². The normalized spacial score (nSPS) is 17.4. The molecular formula is C15H23NO. The van der Waals surface area contributed by atoms with Crippen molar-refractivity contribution in [3.8, 4) is 0 Å². The van der Waals surface area contributed by atoms with Gasteiger partial charge >= 0.3 is 0 Å². The van der Waals surface area contributed by atoms with Gasteiger partial charge in [0.15, 0.2) is 0 Å². The molecule has 2 heteroatoms. The standard InChI is InChI=1S/C15H23NO/c1-2-16(12-13-8-9-13)11-10-15(17)14-6-4-3-5-7-14/h3-7,13,15,17H,2,8-12H2,1H3. The van der Waals surface area contributed by atoms with E-state index in [2.05, 4.69) is 11.8 Å². The van der Waals surface area contributed by atoms with Crippen molar-refractivity contribution < 1.29 is 5.11 Å². The van der Waals surface area contributed by atoms with Gasteiger partial charge in [0.05, 0.1) is 6.10 Å². The van der Waals surface area contributed by atoms with Crippen LogP contribution in [0.2, 0.25) is 0 Å². The minimum Gasteiger partial charge on any atom is -0.388 e. The highest BCUT2D eigenvalue weighted by Gasteiger charge is 2.23. The van der Waals surface area contributed by atoms with Crippen LogP contribution < -0.4 is 0 Å². The molecule has 1 unspecified atom stereocenters. The maximum atomic E-state index is 10.1. The third kappa shape index (κ3) is 4.14. The fourth-order valence-electron chi connectivity index (χ4n) is 2.19. The lowest BCUT2D eigenvalue weighted by Crippen LogP contribution is -2.27. The number of nitrogens with zero attached hydrogens (tertiary/aromatic N) is 1. The summed E-state index contributed by atoms with van der Waals surface area (Å²) in [7, 11) is 0. The van der Waals surface area contributed by atoms with Gasteiger partial charge in [0.25, 0.3) is 0 Å². The van der Waals surface area contributed by atoms with Gasteiger partial charge in [-0.1, -0.05) is 37.3 Å². The van der Waals surface area contributed by atoms with E-state index in [1.807, 2.05) is 30.3 Å². The third-order valence-corrected chi connectivity index (χ3v) is 3.56. The molecule has 0 aromatic heterocycles. The molecule has 2 rings (SSSR count). The molecule has 0 spiro atoms. The lowest BCUT2D eigenvalue weighted by Gasteiger charge is -2.21. The topological polar surface area (TPSA) is 23.5 Å². The SMILES string of the molecule is CCN(CCC(O)c1ccccc1)CC1CC1. The smallest absolute Gasteiger partial charge is 0.0802 e. The van der Waals surface area contributed by atoms with E-state index in [0.29, 0.717) is 0 Å². The highest BCUT2D eigenvalue weighted by Crippen LogP contribution is 2.30. The fourth-order valence-corrected chi connectivity index (χ4v) is 2.19. The first-order valence-corrected chi connectivity index (χ1v) is 6.75. The fraction of sp³-hybridized carbons (Fsp3) is 0.600. The van der Waals surface area contributed by atoms with Crippen molar-refractivity contribution in [2.75, 3.05) is 19.6 Å². The van der Waals surface area contributed by atoms with E-state index in [9.17, 15) is 5.11 Å². The van der Waals surface area contributed by atoms with Crippen LogP contribution in [-0.4, -0.2) is 29.6 Å². The molecule has 94 valence electrons. The first-order valence-electron chi connectivity index (χ1n) is 6.75. The van der Waals surface area contributed by atoms with Crippen molar-refractivity contribution in [2.24, 2.45) is 5.92 Å². The van der Waals surface area contributed by atoms with Gasteiger partial charge in [0, 0.05) is 13.1 Å². The largest absolute Gasteiger partial charge is 0.388 e. The molecule has 1 N–H and O–H groups in total. The van der Waals surface area contributed by atoms with E-state index >= 15 is 0 Å². The molecule has 1 aromatic carbocycles. The average Bonchev–Trinajstić information content (AvgIpc) is 3.19. The molecule has 0 amide bonds. The number of aliphatic hydroxyl groups is 1. The molecular weight excluding hydrogens is 210 g/mol. The Kier molecular flexibility index (Phi) is 4.57. The minimum atomic E-state index is -0.315. The molecule has 1 fully saturated rings. The van der Waals surface area contributed by atoms with Crippen molar-refractivity contribution in [3.63, 3.8) is 0 Å². The second-order valence-electron chi connectivity index (χ2n) is 5.05. The summed E-state index contributed by atoms with van der Waals surface area (Å²) in [6.07, 6.45) is 3.32. The molecule has 0 saturated heterocycles. The van der Waals surface area contributed by atoms with E-state index < -0.39 is 0 Å².